The molecule has 0 saturated carbocycles. The first kappa shape index (κ1) is 16.9. The molecular weight excluding hydrogens is 232 g/mol. The first-order valence-corrected chi connectivity index (χ1v) is 6.51. The summed E-state index contributed by atoms with van der Waals surface area (Å²) in [7, 11) is 1.55. The van der Waals surface area contributed by atoms with Crippen LogP contribution in [0.1, 0.15) is 40.0 Å². The Labute approximate surface area is 109 Å². The molecule has 0 aromatic carbocycles. The number of nitrogens with zero attached hydrogens (tertiary/aromatic N) is 1. The second kappa shape index (κ2) is 8.08. The summed E-state index contributed by atoms with van der Waals surface area (Å²) >= 11 is 0. The van der Waals surface area contributed by atoms with Crippen molar-refractivity contribution in [1.82, 2.24) is 4.90 Å². The number of nitrogens with two attached hydrogens (primary N) is 1. The normalized spacial score (nSPS) is 14.3. The Balaban J connectivity index is 4.49. The summed E-state index contributed by atoms with van der Waals surface area (Å²) < 4.78 is 0. The van der Waals surface area contributed by atoms with E-state index < -0.39 is 12.0 Å². The second-order valence-corrected chi connectivity index (χ2v) is 5.20. The minimum absolute atomic E-state index is 0.131. The molecule has 18 heavy (non-hydrogen) atoms. The van der Waals surface area contributed by atoms with Gasteiger partial charge in [-0.25, -0.2) is 4.79 Å². The van der Waals surface area contributed by atoms with Crippen LogP contribution in [0.15, 0.2) is 0 Å². The van der Waals surface area contributed by atoms with E-state index >= 15 is 0 Å². The molecule has 0 saturated heterocycles. The van der Waals surface area contributed by atoms with Crippen molar-refractivity contribution in [3.8, 4) is 0 Å². The molecule has 0 aliphatic rings. The third kappa shape index (κ3) is 5.49. The molecule has 106 valence electrons. The summed E-state index contributed by atoms with van der Waals surface area (Å²) in [6.07, 6.45) is 1.63. The topological polar surface area (TPSA) is 83.6 Å². The molecule has 0 heterocycles. The van der Waals surface area contributed by atoms with Gasteiger partial charge in [-0.3, -0.25) is 4.79 Å². The van der Waals surface area contributed by atoms with Gasteiger partial charge in [-0.15, -0.1) is 0 Å². The van der Waals surface area contributed by atoms with E-state index in [1.165, 1.54) is 4.90 Å². The van der Waals surface area contributed by atoms with Crippen LogP contribution in [-0.4, -0.2) is 41.5 Å². The number of carboxylic acids is 1. The van der Waals surface area contributed by atoms with Crippen molar-refractivity contribution < 1.29 is 14.7 Å². The minimum atomic E-state index is -0.957. The van der Waals surface area contributed by atoms with Crippen LogP contribution in [0.2, 0.25) is 0 Å². The maximum absolute atomic E-state index is 12.0. The Morgan fingerprint density at radius 2 is 1.89 bits per heavy atom. The lowest BCUT2D eigenvalue weighted by Crippen LogP contribution is -2.43. The third-order valence-electron chi connectivity index (χ3n) is 3.13. The molecule has 0 aromatic rings. The summed E-state index contributed by atoms with van der Waals surface area (Å²) in [5, 5.41) is 9.01. The van der Waals surface area contributed by atoms with Crippen LogP contribution in [0.3, 0.4) is 0 Å². The Bertz CT molecular complexity index is 279. The fourth-order valence-electron chi connectivity index (χ4n) is 2.11. The number of carbonyl (C=O) groups excluding carboxylic acids is 1. The van der Waals surface area contributed by atoms with Gasteiger partial charge in [-0.1, -0.05) is 20.8 Å². The van der Waals surface area contributed by atoms with Crippen LogP contribution < -0.4 is 5.73 Å². The van der Waals surface area contributed by atoms with Crippen molar-refractivity contribution in [3.05, 3.63) is 0 Å². The van der Waals surface area contributed by atoms with E-state index in [4.69, 9.17) is 10.8 Å². The van der Waals surface area contributed by atoms with Crippen molar-refractivity contribution in [1.29, 1.82) is 0 Å². The van der Waals surface area contributed by atoms with E-state index in [1.54, 1.807) is 14.0 Å². The number of hydrogen-bond acceptors (Lipinski definition) is 3. The van der Waals surface area contributed by atoms with Gasteiger partial charge in [0.05, 0.1) is 0 Å². The first-order valence-electron chi connectivity index (χ1n) is 6.51. The molecule has 0 aliphatic heterocycles. The molecule has 0 fully saturated rings. The van der Waals surface area contributed by atoms with Crippen molar-refractivity contribution in [2.75, 3.05) is 13.6 Å². The molecule has 5 heteroatoms. The van der Waals surface area contributed by atoms with Crippen LogP contribution in [0.5, 0.6) is 0 Å². The average Bonchev–Trinajstić information content (AvgIpc) is 2.27. The van der Waals surface area contributed by atoms with Gasteiger partial charge in [0.2, 0.25) is 5.91 Å². The zero-order valence-electron chi connectivity index (χ0n) is 11.8. The highest BCUT2D eigenvalue weighted by atomic mass is 16.4. The zero-order chi connectivity index (χ0) is 14.3. The van der Waals surface area contributed by atoms with Gasteiger partial charge in [0.1, 0.15) is 6.04 Å². The van der Waals surface area contributed by atoms with Gasteiger partial charge < -0.3 is 15.7 Å². The lowest BCUT2D eigenvalue weighted by molar-refractivity contribution is -0.149. The maximum Gasteiger partial charge on any atom is 0.326 e. The molecular formula is C13H26N2O3. The summed E-state index contributed by atoms with van der Waals surface area (Å²) in [6, 6.07) is -0.741. The van der Waals surface area contributed by atoms with Crippen LogP contribution in [0, 0.1) is 11.8 Å². The molecule has 0 bridgehead atoms. The number of likely N-dealkylation sites (N-methyl/N-ethyl adjacent to an activating group) is 1. The third-order valence-corrected chi connectivity index (χ3v) is 3.13. The number of rotatable bonds is 8. The van der Waals surface area contributed by atoms with E-state index in [0.29, 0.717) is 25.3 Å². The van der Waals surface area contributed by atoms with E-state index in [2.05, 4.69) is 13.8 Å². The summed E-state index contributed by atoms with van der Waals surface area (Å²) in [5.74, 6) is -0.480. The summed E-state index contributed by atoms with van der Waals surface area (Å²) in [6.45, 7) is 6.39. The average molecular weight is 258 g/mol. The molecule has 5 nitrogen and oxygen atoms in total. The van der Waals surface area contributed by atoms with Crippen molar-refractivity contribution >= 4 is 11.9 Å². The van der Waals surface area contributed by atoms with Gasteiger partial charge in [-0.2, -0.15) is 0 Å². The molecule has 0 radical (unpaired) electrons. The van der Waals surface area contributed by atoms with Gasteiger partial charge >= 0.3 is 5.97 Å². The number of carbonyl (C=O) groups is 2. The van der Waals surface area contributed by atoms with Crippen molar-refractivity contribution in [3.63, 3.8) is 0 Å². The van der Waals surface area contributed by atoms with E-state index in [9.17, 15) is 9.59 Å². The molecule has 1 amide bonds. The first-order chi connectivity index (χ1) is 8.33. The molecule has 0 aromatic heterocycles. The molecule has 0 aliphatic carbocycles. The highest BCUT2D eigenvalue weighted by Crippen LogP contribution is 2.16. The van der Waals surface area contributed by atoms with Gasteiger partial charge in [0, 0.05) is 13.5 Å². The molecule has 0 rings (SSSR count). The largest absolute Gasteiger partial charge is 0.480 e. The lowest BCUT2D eigenvalue weighted by atomic mass is 9.93. The van der Waals surface area contributed by atoms with Gasteiger partial charge in [0.15, 0.2) is 0 Å². The standard InChI is InChI=1S/C13H26N2O3/c1-5-11(13(17)18)15(4)12(16)7-10(8-14)6-9(2)3/h9-11H,5-8,14H2,1-4H3,(H,17,18). The fourth-order valence-corrected chi connectivity index (χ4v) is 2.11. The Kier molecular flexibility index (Phi) is 7.59. The molecule has 3 N–H and O–H groups in total. The van der Waals surface area contributed by atoms with Crippen LogP contribution in [0.25, 0.3) is 0 Å². The monoisotopic (exact) mass is 258 g/mol. The fraction of sp³-hybridized carbons (Fsp3) is 0.846. The summed E-state index contributed by atoms with van der Waals surface area (Å²) in [4.78, 5) is 24.3. The van der Waals surface area contributed by atoms with Crippen LogP contribution in [-0.2, 0) is 9.59 Å². The molecule has 0 spiro atoms. The quantitative estimate of drug-likeness (QED) is 0.687. The Hall–Kier alpha value is -1.10. The van der Waals surface area contributed by atoms with E-state index in [1.807, 2.05) is 0 Å². The predicted octanol–water partition coefficient (Wildman–Crippen LogP) is 1.32. The SMILES string of the molecule is CCC(C(=O)O)N(C)C(=O)CC(CN)CC(C)C. The Morgan fingerprint density at radius 1 is 1.33 bits per heavy atom. The van der Waals surface area contributed by atoms with Crippen molar-refractivity contribution in [2.45, 2.75) is 46.1 Å². The minimum Gasteiger partial charge on any atom is -0.480 e. The number of aliphatic carboxylic acids is 1. The second-order valence-electron chi connectivity index (χ2n) is 5.20. The lowest BCUT2D eigenvalue weighted by Gasteiger charge is -2.26. The van der Waals surface area contributed by atoms with Crippen LogP contribution in [0.4, 0.5) is 0 Å². The Morgan fingerprint density at radius 3 is 2.22 bits per heavy atom. The van der Waals surface area contributed by atoms with E-state index in [0.717, 1.165) is 6.42 Å². The highest BCUT2D eigenvalue weighted by molar-refractivity contribution is 5.83. The van der Waals surface area contributed by atoms with Crippen molar-refractivity contribution in [2.24, 2.45) is 17.6 Å². The van der Waals surface area contributed by atoms with Crippen LogP contribution >= 0.6 is 0 Å². The van der Waals surface area contributed by atoms with Gasteiger partial charge in [-0.05, 0) is 31.2 Å². The van der Waals surface area contributed by atoms with E-state index in [-0.39, 0.29) is 11.8 Å². The zero-order valence-corrected chi connectivity index (χ0v) is 11.8. The summed E-state index contributed by atoms with van der Waals surface area (Å²) in [5.41, 5.74) is 5.65. The molecule has 2 atom stereocenters. The van der Waals surface area contributed by atoms with Gasteiger partial charge in [0.25, 0.3) is 0 Å². The smallest absolute Gasteiger partial charge is 0.326 e. The maximum atomic E-state index is 12.0. The number of hydrogen-bond donors (Lipinski definition) is 2. The number of carboxylic acid groups (broad SMARTS) is 1. The predicted molar refractivity (Wildman–Crippen MR) is 71.1 cm³/mol. The highest BCUT2D eigenvalue weighted by Gasteiger charge is 2.26. The molecule has 2 unspecified atom stereocenters. The number of amides is 1.